The van der Waals surface area contributed by atoms with Crippen LogP contribution in [0.2, 0.25) is 0 Å². The van der Waals surface area contributed by atoms with Gasteiger partial charge in [-0.15, -0.1) is 10.2 Å². The van der Waals surface area contributed by atoms with Crippen LogP contribution in [-0.2, 0) is 11.0 Å². The lowest BCUT2D eigenvalue weighted by molar-refractivity contribution is -0.140. The summed E-state index contributed by atoms with van der Waals surface area (Å²) in [5.41, 5.74) is -0.812. The van der Waals surface area contributed by atoms with Gasteiger partial charge >= 0.3 is 12.1 Å². The first-order chi connectivity index (χ1) is 14.6. The van der Waals surface area contributed by atoms with Gasteiger partial charge in [0.2, 0.25) is 0 Å². The molecule has 11 heteroatoms. The third-order valence-corrected chi connectivity index (χ3v) is 4.85. The fourth-order valence-electron chi connectivity index (χ4n) is 3.13. The molecule has 1 unspecified atom stereocenters. The summed E-state index contributed by atoms with van der Waals surface area (Å²) in [4.78, 5) is 24.7. The van der Waals surface area contributed by atoms with Gasteiger partial charge in [-0.1, -0.05) is 12.1 Å². The third-order valence-electron chi connectivity index (χ3n) is 4.85. The van der Waals surface area contributed by atoms with Gasteiger partial charge in [0.05, 0.1) is 5.56 Å². The number of amides is 1. The van der Waals surface area contributed by atoms with Crippen LogP contribution in [0.3, 0.4) is 0 Å². The summed E-state index contributed by atoms with van der Waals surface area (Å²) in [6, 6.07) is 7.11. The van der Waals surface area contributed by atoms with Crippen LogP contribution in [0, 0.1) is 0 Å². The van der Waals surface area contributed by atoms with Crippen molar-refractivity contribution >= 4 is 17.7 Å². The van der Waals surface area contributed by atoms with Gasteiger partial charge < -0.3 is 20.1 Å². The highest BCUT2D eigenvalue weighted by Crippen LogP contribution is 2.37. The number of halogens is 3. The maximum atomic E-state index is 13.1. The number of para-hydroxylation sites is 1. The minimum absolute atomic E-state index is 0.0150. The van der Waals surface area contributed by atoms with E-state index in [2.05, 4.69) is 15.5 Å². The first kappa shape index (κ1) is 22.3. The molecule has 1 aromatic carbocycles. The highest BCUT2D eigenvalue weighted by molar-refractivity contribution is 5.94. The van der Waals surface area contributed by atoms with Crippen molar-refractivity contribution in [3.63, 3.8) is 0 Å². The summed E-state index contributed by atoms with van der Waals surface area (Å²) in [5.74, 6) is -1.48. The monoisotopic (exact) mass is 438 g/mol. The summed E-state index contributed by atoms with van der Waals surface area (Å²) in [7, 11) is 0. The van der Waals surface area contributed by atoms with E-state index < -0.39 is 29.7 Å². The van der Waals surface area contributed by atoms with Gasteiger partial charge in [0.15, 0.2) is 11.5 Å². The van der Waals surface area contributed by atoms with Crippen LogP contribution in [0.4, 0.5) is 19.0 Å². The van der Waals surface area contributed by atoms with E-state index >= 15 is 0 Å². The van der Waals surface area contributed by atoms with Crippen molar-refractivity contribution in [2.24, 2.45) is 0 Å². The Kier molecular flexibility index (Phi) is 6.62. The second-order valence-electron chi connectivity index (χ2n) is 7.11. The number of nitrogens with one attached hydrogen (secondary N) is 1. The summed E-state index contributed by atoms with van der Waals surface area (Å²) < 4.78 is 45.0. The van der Waals surface area contributed by atoms with Crippen molar-refractivity contribution in [3.05, 3.63) is 47.7 Å². The highest BCUT2D eigenvalue weighted by atomic mass is 19.4. The molecule has 0 aliphatic carbocycles. The van der Waals surface area contributed by atoms with E-state index in [-0.39, 0.29) is 17.5 Å². The van der Waals surface area contributed by atoms with E-state index in [0.717, 1.165) is 6.07 Å². The normalized spacial score (nSPS) is 15.9. The number of alkyl halides is 3. The standard InChI is InChI=1S/C20H21F3N4O4/c1-12(19(29)30)24-18(28)15-6-7-17(26-25-15)27-10-8-13(9-11-27)31-16-5-3-2-4-14(16)20(21,22)23/h2-7,12-13H,8-11H2,1H3,(H,24,28)(H,29,30). The van der Waals surface area contributed by atoms with Crippen LogP contribution in [0.25, 0.3) is 0 Å². The number of carbonyl (C=O) groups excluding carboxylic acids is 1. The molecule has 166 valence electrons. The molecule has 2 heterocycles. The SMILES string of the molecule is CC(NC(=O)c1ccc(N2CCC(Oc3ccccc3C(F)(F)F)CC2)nn1)C(=O)O. The number of ether oxygens (including phenoxy) is 1. The summed E-state index contributed by atoms with van der Waals surface area (Å²) in [6.07, 6.45) is -3.86. The molecule has 1 amide bonds. The number of aliphatic carboxylic acids is 1. The molecule has 31 heavy (non-hydrogen) atoms. The van der Waals surface area contributed by atoms with Gasteiger partial charge in [0.1, 0.15) is 17.9 Å². The smallest absolute Gasteiger partial charge is 0.419 e. The zero-order valence-corrected chi connectivity index (χ0v) is 16.6. The molecule has 1 aliphatic rings. The number of benzene rings is 1. The Balaban J connectivity index is 1.57. The number of rotatable bonds is 6. The van der Waals surface area contributed by atoms with Crippen molar-refractivity contribution in [3.8, 4) is 5.75 Å². The maximum absolute atomic E-state index is 13.1. The molecule has 0 saturated carbocycles. The molecular weight excluding hydrogens is 417 g/mol. The summed E-state index contributed by atoms with van der Waals surface area (Å²) in [6.45, 7) is 2.33. The number of hydrogen-bond acceptors (Lipinski definition) is 6. The van der Waals surface area contributed by atoms with Gasteiger partial charge in [-0.3, -0.25) is 9.59 Å². The van der Waals surface area contributed by atoms with Gasteiger partial charge in [0.25, 0.3) is 5.91 Å². The zero-order chi connectivity index (χ0) is 22.6. The molecule has 1 aliphatic heterocycles. The number of anilines is 1. The van der Waals surface area contributed by atoms with E-state index in [1.165, 1.54) is 31.2 Å². The van der Waals surface area contributed by atoms with Crippen molar-refractivity contribution in [2.75, 3.05) is 18.0 Å². The molecule has 0 bridgehead atoms. The average molecular weight is 438 g/mol. The molecule has 1 aromatic heterocycles. The molecule has 1 saturated heterocycles. The topological polar surface area (TPSA) is 105 Å². The van der Waals surface area contributed by atoms with Gasteiger partial charge in [-0.25, -0.2) is 0 Å². The molecule has 1 atom stereocenters. The largest absolute Gasteiger partial charge is 0.490 e. The highest BCUT2D eigenvalue weighted by Gasteiger charge is 2.35. The molecular formula is C20H21F3N4O4. The van der Waals surface area contributed by atoms with E-state index in [9.17, 15) is 22.8 Å². The number of aromatic nitrogens is 2. The second-order valence-corrected chi connectivity index (χ2v) is 7.11. The zero-order valence-electron chi connectivity index (χ0n) is 16.6. The Hall–Kier alpha value is -3.37. The average Bonchev–Trinajstić information content (AvgIpc) is 2.74. The number of piperidine rings is 1. The predicted octanol–water partition coefficient (Wildman–Crippen LogP) is 2.75. The first-order valence-electron chi connectivity index (χ1n) is 9.60. The molecule has 0 spiro atoms. The van der Waals surface area contributed by atoms with E-state index in [1.54, 1.807) is 6.07 Å². The van der Waals surface area contributed by atoms with Crippen LogP contribution in [-0.4, -0.2) is 52.4 Å². The van der Waals surface area contributed by atoms with Gasteiger partial charge in [-0.2, -0.15) is 13.2 Å². The van der Waals surface area contributed by atoms with Crippen LogP contribution in [0.1, 0.15) is 35.8 Å². The minimum Gasteiger partial charge on any atom is -0.490 e. The first-order valence-corrected chi connectivity index (χ1v) is 9.60. The van der Waals surface area contributed by atoms with E-state index in [4.69, 9.17) is 9.84 Å². The Morgan fingerprint density at radius 1 is 1.16 bits per heavy atom. The molecule has 2 N–H and O–H groups in total. The number of carboxylic acids is 1. The van der Waals surface area contributed by atoms with Crippen molar-refractivity contribution < 1.29 is 32.6 Å². The molecule has 2 aromatic rings. The van der Waals surface area contributed by atoms with E-state index in [0.29, 0.717) is 31.7 Å². The number of hydrogen-bond donors (Lipinski definition) is 2. The molecule has 1 fully saturated rings. The molecule has 0 radical (unpaired) electrons. The van der Waals surface area contributed by atoms with Crippen molar-refractivity contribution in [1.82, 2.24) is 15.5 Å². The third kappa shape index (κ3) is 5.62. The number of nitrogens with zero attached hydrogens (tertiary/aromatic N) is 3. The van der Waals surface area contributed by atoms with E-state index in [1.807, 2.05) is 4.90 Å². The molecule has 8 nitrogen and oxygen atoms in total. The Morgan fingerprint density at radius 2 is 1.84 bits per heavy atom. The van der Waals surface area contributed by atoms with Crippen LogP contribution in [0.15, 0.2) is 36.4 Å². The van der Waals surface area contributed by atoms with Gasteiger partial charge in [-0.05, 0) is 31.2 Å². The van der Waals surface area contributed by atoms with Crippen LogP contribution < -0.4 is 15.0 Å². The quantitative estimate of drug-likeness (QED) is 0.715. The molecule has 3 rings (SSSR count). The van der Waals surface area contributed by atoms with Crippen LogP contribution >= 0.6 is 0 Å². The van der Waals surface area contributed by atoms with Crippen molar-refractivity contribution in [1.29, 1.82) is 0 Å². The summed E-state index contributed by atoms with van der Waals surface area (Å²) >= 11 is 0. The Labute approximate surface area is 176 Å². The Morgan fingerprint density at radius 3 is 2.42 bits per heavy atom. The number of carboxylic acid groups (broad SMARTS) is 1. The van der Waals surface area contributed by atoms with Gasteiger partial charge in [0, 0.05) is 25.9 Å². The summed E-state index contributed by atoms with van der Waals surface area (Å²) in [5, 5.41) is 19.0. The fraction of sp³-hybridized carbons (Fsp3) is 0.400. The lowest BCUT2D eigenvalue weighted by Crippen LogP contribution is -2.40. The Bertz CT molecular complexity index is 929. The second kappa shape index (κ2) is 9.19. The predicted molar refractivity (Wildman–Crippen MR) is 104 cm³/mol. The maximum Gasteiger partial charge on any atom is 0.419 e. The lowest BCUT2D eigenvalue weighted by atomic mass is 10.1. The minimum atomic E-state index is -4.48. The van der Waals surface area contributed by atoms with Crippen LogP contribution in [0.5, 0.6) is 5.75 Å². The fourth-order valence-corrected chi connectivity index (χ4v) is 3.13. The number of carbonyl (C=O) groups is 2. The van der Waals surface area contributed by atoms with Crippen molar-refractivity contribution in [2.45, 2.75) is 38.1 Å². The lowest BCUT2D eigenvalue weighted by Gasteiger charge is -2.33.